The molecule has 0 spiro atoms. The van der Waals surface area contributed by atoms with Gasteiger partial charge in [-0.2, -0.15) is 0 Å². The lowest BCUT2D eigenvalue weighted by molar-refractivity contribution is -0.116. The summed E-state index contributed by atoms with van der Waals surface area (Å²) in [6.07, 6.45) is 0.744. The van der Waals surface area contributed by atoms with E-state index in [9.17, 15) is 4.79 Å². The van der Waals surface area contributed by atoms with Gasteiger partial charge in [0, 0.05) is 17.1 Å². The number of carbonyl (C=O) groups excluding carboxylic acids is 1. The third-order valence-corrected chi connectivity index (χ3v) is 6.06. The fourth-order valence-corrected chi connectivity index (χ4v) is 4.41. The zero-order valence-corrected chi connectivity index (χ0v) is 17.1. The van der Waals surface area contributed by atoms with Gasteiger partial charge in [0.1, 0.15) is 5.25 Å². The molecule has 3 aromatic rings. The smallest absolute Gasteiger partial charge is 0.240 e. The molecule has 2 aromatic carbocycles. The van der Waals surface area contributed by atoms with E-state index in [1.807, 2.05) is 67.1 Å². The van der Waals surface area contributed by atoms with Crippen molar-refractivity contribution >= 4 is 35.0 Å². The number of halogens is 1. The van der Waals surface area contributed by atoms with Gasteiger partial charge in [-0.15, -0.1) is 10.2 Å². The number of anilines is 1. The Morgan fingerprint density at radius 1 is 1.25 bits per heavy atom. The molecule has 2 N–H and O–H groups in total. The molecule has 1 aliphatic heterocycles. The molecular formula is C20H20ClN5OS. The van der Waals surface area contributed by atoms with Crippen molar-refractivity contribution in [1.82, 2.24) is 14.9 Å². The average molecular weight is 414 g/mol. The van der Waals surface area contributed by atoms with E-state index >= 15 is 0 Å². The monoisotopic (exact) mass is 413 g/mol. The number of nitrogens with zero attached hydrogens (tertiary/aromatic N) is 3. The Bertz CT molecular complexity index is 1000. The summed E-state index contributed by atoms with van der Waals surface area (Å²) in [6, 6.07) is 15.1. The van der Waals surface area contributed by atoms with Gasteiger partial charge in [-0.1, -0.05) is 54.6 Å². The Hall–Kier alpha value is -2.51. The minimum absolute atomic E-state index is 0.0876. The van der Waals surface area contributed by atoms with Crippen LogP contribution < -0.4 is 10.7 Å². The van der Waals surface area contributed by atoms with Crippen molar-refractivity contribution in [3.05, 3.63) is 70.5 Å². The summed E-state index contributed by atoms with van der Waals surface area (Å²) in [5.74, 6) is 0.745. The topological polar surface area (TPSA) is 71.8 Å². The lowest BCUT2D eigenvalue weighted by Gasteiger charge is -2.33. The molecule has 4 rings (SSSR count). The quantitative estimate of drug-likeness (QED) is 0.670. The van der Waals surface area contributed by atoms with Crippen molar-refractivity contribution in [1.29, 1.82) is 0 Å². The van der Waals surface area contributed by atoms with Crippen molar-refractivity contribution in [2.45, 2.75) is 36.7 Å². The lowest BCUT2D eigenvalue weighted by atomic mass is 10.0. The van der Waals surface area contributed by atoms with Crippen molar-refractivity contribution in [2.75, 3.05) is 10.7 Å². The zero-order chi connectivity index (χ0) is 19.7. The van der Waals surface area contributed by atoms with Crippen molar-refractivity contribution in [2.24, 2.45) is 0 Å². The summed E-state index contributed by atoms with van der Waals surface area (Å²) in [7, 11) is 0. The van der Waals surface area contributed by atoms with Crippen molar-refractivity contribution < 1.29 is 4.79 Å². The van der Waals surface area contributed by atoms with Gasteiger partial charge in [0.15, 0.2) is 5.82 Å². The van der Waals surface area contributed by atoms with Crippen LogP contribution in [0, 0.1) is 6.92 Å². The first kappa shape index (κ1) is 18.8. The van der Waals surface area contributed by atoms with Gasteiger partial charge in [0.2, 0.25) is 11.1 Å². The predicted octanol–water partition coefficient (Wildman–Crippen LogP) is 4.20. The molecular weight excluding hydrogens is 394 g/mol. The lowest BCUT2D eigenvalue weighted by Crippen LogP contribution is -2.41. The van der Waals surface area contributed by atoms with Crippen LogP contribution in [0.15, 0.2) is 53.7 Å². The Kier molecular flexibility index (Phi) is 5.28. The highest BCUT2D eigenvalue weighted by Gasteiger charge is 2.37. The number of aromatic nitrogens is 3. The largest absolute Gasteiger partial charge is 0.325 e. The van der Waals surface area contributed by atoms with E-state index in [2.05, 4.69) is 20.9 Å². The highest BCUT2D eigenvalue weighted by Crippen LogP contribution is 2.37. The summed E-state index contributed by atoms with van der Waals surface area (Å²) >= 11 is 7.47. The van der Waals surface area contributed by atoms with E-state index in [1.165, 1.54) is 11.8 Å². The second-order valence-electron chi connectivity index (χ2n) is 6.64. The summed E-state index contributed by atoms with van der Waals surface area (Å²) in [5, 5.41) is 12.4. The van der Waals surface area contributed by atoms with E-state index in [4.69, 9.17) is 11.6 Å². The van der Waals surface area contributed by atoms with E-state index < -0.39 is 5.25 Å². The molecule has 144 valence electrons. The van der Waals surface area contributed by atoms with Crippen LogP contribution in [0.3, 0.4) is 0 Å². The van der Waals surface area contributed by atoms with Gasteiger partial charge in [0.05, 0.1) is 6.04 Å². The molecule has 0 saturated carbocycles. The molecule has 6 nitrogen and oxygen atoms in total. The number of benzene rings is 2. The van der Waals surface area contributed by atoms with E-state index in [0.29, 0.717) is 10.2 Å². The standard InChI is InChI=1S/C20H20ClN5OS/c1-3-16-23-24-20-26(16)25-17(13-7-9-14(21)10-8-13)18(28-20)19(27)22-15-6-4-5-12(2)11-15/h4-11,17-18,25H,3H2,1-2H3,(H,22,27)/t17-,18-/m1/s1. The van der Waals surface area contributed by atoms with Gasteiger partial charge < -0.3 is 10.7 Å². The Labute approximate surface area is 172 Å². The molecule has 2 atom stereocenters. The second-order valence-corrected chi connectivity index (χ2v) is 8.19. The normalized spacial score (nSPS) is 18.2. The van der Waals surface area contributed by atoms with Crippen molar-refractivity contribution in [3.63, 3.8) is 0 Å². The van der Waals surface area contributed by atoms with Crippen LogP contribution in [0.2, 0.25) is 5.02 Å². The summed E-state index contributed by atoms with van der Waals surface area (Å²) in [5.41, 5.74) is 6.27. The van der Waals surface area contributed by atoms with E-state index in [-0.39, 0.29) is 11.9 Å². The highest BCUT2D eigenvalue weighted by molar-refractivity contribution is 8.00. The molecule has 1 aliphatic rings. The Morgan fingerprint density at radius 2 is 2.04 bits per heavy atom. The van der Waals surface area contributed by atoms with Crippen LogP contribution >= 0.6 is 23.4 Å². The van der Waals surface area contributed by atoms with Crippen LogP contribution in [-0.4, -0.2) is 26.0 Å². The number of rotatable bonds is 4. The number of fused-ring (bicyclic) bond motifs is 1. The molecule has 28 heavy (non-hydrogen) atoms. The summed E-state index contributed by atoms with van der Waals surface area (Å²) < 4.78 is 1.88. The van der Waals surface area contributed by atoms with Crippen LogP contribution in [0.4, 0.5) is 5.69 Å². The minimum Gasteiger partial charge on any atom is -0.325 e. The SMILES string of the molecule is CCc1nnc2n1N[C@H](c1ccc(Cl)cc1)[C@H](C(=O)Nc1cccc(C)c1)S2. The van der Waals surface area contributed by atoms with Gasteiger partial charge in [-0.05, 0) is 42.3 Å². The number of carbonyl (C=O) groups is 1. The molecule has 2 heterocycles. The zero-order valence-electron chi connectivity index (χ0n) is 15.5. The van der Waals surface area contributed by atoms with Gasteiger partial charge in [0.25, 0.3) is 0 Å². The van der Waals surface area contributed by atoms with Gasteiger partial charge in [-0.3, -0.25) is 4.79 Å². The number of thioether (sulfide) groups is 1. The molecule has 1 amide bonds. The first-order valence-corrected chi connectivity index (χ1v) is 10.3. The number of amides is 1. The van der Waals surface area contributed by atoms with Crippen LogP contribution in [0.1, 0.15) is 29.9 Å². The first-order chi connectivity index (χ1) is 13.5. The molecule has 0 aliphatic carbocycles. The third kappa shape index (κ3) is 3.72. The maximum Gasteiger partial charge on any atom is 0.240 e. The molecule has 0 unspecified atom stereocenters. The molecule has 1 aromatic heterocycles. The number of nitrogens with one attached hydrogen (secondary N) is 2. The van der Waals surface area contributed by atoms with Crippen LogP contribution in [0.5, 0.6) is 0 Å². The van der Waals surface area contributed by atoms with E-state index in [1.54, 1.807) is 0 Å². The molecule has 8 heteroatoms. The highest BCUT2D eigenvalue weighted by atomic mass is 35.5. The van der Waals surface area contributed by atoms with Gasteiger partial charge >= 0.3 is 0 Å². The maximum atomic E-state index is 13.2. The number of hydrogen-bond acceptors (Lipinski definition) is 5. The molecule has 0 radical (unpaired) electrons. The minimum atomic E-state index is -0.414. The molecule has 0 saturated heterocycles. The summed E-state index contributed by atoms with van der Waals surface area (Å²) in [4.78, 5) is 13.2. The number of aryl methyl sites for hydroxylation is 2. The number of hydrogen-bond donors (Lipinski definition) is 2. The maximum absolute atomic E-state index is 13.2. The molecule has 0 bridgehead atoms. The fraction of sp³-hybridized carbons (Fsp3) is 0.250. The van der Waals surface area contributed by atoms with E-state index in [0.717, 1.165) is 29.1 Å². The predicted molar refractivity (Wildman–Crippen MR) is 112 cm³/mol. The fourth-order valence-electron chi connectivity index (χ4n) is 3.18. The molecule has 0 fully saturated rings. The average Bonchev–Trinajstić information content (AvgIpc) is 3.09. The third-order valence-electron chi connectivity index (χ3n) is 4.59. The van der Waals surface area contributed by atoms with Crippen molar-refractivity contribution in [3.8, 4) is 0 Å². The van der Waals surface area contributed by atoms with Gasteiger partial charge in [-0.25, -0.2) is 4.68 Å². The Balaban J connectivity index is 1.67. The summed E-state index contributed by atoms with van der Waals surface area (Å²) in [6.45, 7) is 4.02. The van der Waals surface area contributed by atoms with Crippen LogP contribution in [-0.2, 0) is 11.2 Å². The first-order valence-electron chi connectivity index (χ1n) is 9.05. The second kappa shape index (κ2) is 7.85. The Morgan fingerprint density at radius 3 is 2.75 bits per heavy atom. The van der Waals surface area contributed by atoms with Crippen LogP contribution in [0.25, 0.3) is 0 Å².